The van der Waals surface area contributed by atoms with Crippen LogP contribution < -0.4 is 0 Å². The number of carbonyl (C=O) groups excluding carboxylic acids is 1. The van der Waals surface area contributed by atoms with E-state index in [0.717, 1.165) is 31.2 Å². The van der Waals surface area contributed by atoms with Crippen molar-refractivity contribution in [1.29, 1.82) is 0 Å². The van der Waals surface area contributed by atoms with Crippen molar-refractivity contribution in [2.24, 2.45) is 0 Å². The summed E-state index contributed by atoms with van der Waals surface area (Å²) in [7, 11) is 2.12. The number of likely N-dealkylation sites (N-methyl/N-ethyl adjacent to an activating group) is 1. The van der Waals surface area contributed by atoms with Crippen molar-refractivity contribution in [3.63, 3.8) is 0 Å². The first kappa shape index (κ1) is 16.7. The molecule has 0 unspecified atom stereocenters. The molecule has 2 saturated heterocycles. The number of piperazine rings is 1. The minimum Gasteiger partial charge on any atom is -0.390 e. The predicted molar refractivity (Wildman–Crippen MR) is 90.8 cm³/mol. The minimum absolute atomic E-state index is 0.0295. The van der Waals surface area contributed by atoms with Gasteiger partial charge in [-0.15, -0.1) is 11.8 Å². The lowest BCUT2D eigenvalue weighted by Gasteiger charge is -2.37. The molecule has 0 aliphatic carbocycles. The number of pyridine rings is 1. The molecule has 7 heteroatoms. The van der Waals surface area contributed by atoms with Crippen LogP contribution in [-0.4, -0.2) is 95.4 Å². The lowest BCUT2D eigenvalue weighted by molar-refractivity contribution is 0.0512. The second-order valence-corrected chi connectivity index (χ2v) is 7.04. The van der Waals surface area contributed by atoms with E-state index in [1.54, 1.807) is 17.2 Å². The molecule has 1 N–H and O–H groups in total. The number of aromatic nitrogens is 1. The zero-order chi connectivity index (χ0) is 16.4. The molecule has 3 heterocycles. The number of aliphatic hydroxyl groups excluding tert-OH is 1. The maximum atomic E-state index is 12.8. The maximum Gasteiger partial charge on any atom is 0.256 e. The van der Waals surface area contributed by atoms with Gasteiger partial charge in [0.25, 0.3) is 5.91 Å². The third-order valence-corrected chi connectivity index (χ3v) is 5.46. The Morgan fingerprint density at radius 2 is 2.04 bits per heavy atom. The van der Waals surface area contributed by atoms with E-state index in [4.69, 9.17) is 0 Å². The van der Waals surface area contributed by atoms with Crippen molar-refractivity contribution < 1.29 is 9.90 Å². The van der Waals surface area contributed by atoms with Gasteiger partial charge in [-0.2, -0.15) is 0 Å². The summed E-state index contributed by atoms with van der Waals surface area (Å²) in [6, 6.07) is 3.65. The fourth-order valence-corrected chi connectivity index (χ4v) is 3.88. The molecule has 3 rings (SSSR count). The van der Waals surface area contributed by atoms with Crippen molar-refractivity contribution in [3.05, 3.63) is 23.9 Å². The van der Waals surface area contributed by atoms with Gasteiger partial charge >= 0.3 is 0 Å². The molecule has 1 aromatic rings. The van der Waals surface area contributed by atoms with Crippen LogP contribution in [0, 0.1) is 0 Å². The number of thioether (sulfide) groups is 1. The summed E-state index contributed by atoms with van der Waals surface area (Å²) in [4.78, 5) is 23.4. The molecule has 1 aromatic heterocycles. The zero-order valence-electron chi connectivity index (χ0n) is 13.7. The van der Waals surface area contributed by atoms with Crippen molar-refractivity contribution >= 4 is 17.7 Å². The van der Waals surface area contributed by atoms with Crippen LogP contribution >= 0.6 is 11.8 Å². The number of aliphatic hydroxyl groups is 1. The van der Waals surface area contributed by atoms with Crippen LogP contribution in [-0.2, 0) is 0 Å². The lowest BCUT2D eigenvalue weighted by Crippen LogP contribution is -2.52. The van der Waals surface area contributed by atoms with Gasteiger partial charge in [0.1, 0.15) is 5.03 Å². The summed E-state index contributed by atoms with van der Waals surface area (Å²) in [6.45, 7) is 4.91. The number of carbonyl (C=O) groups is 1. The average molecular weight is 336 g/mol. The van der Waals surface area contributed by atoms with Crippen LogP contribution in [0.25, 0.3) is 0 Å². The molecule has 1 amide bonds. The Labute approximate surface area is 141 Å². The van der Waals surface area contributed by atoms with Crippen molar-refractivity contribution in [1.82, 2.24) is 19.7 Å². The number of β-amino-alcohol motifs (C(OH)–C–C–N with tert-alkyl or cyclic N) is 1. The van der Waals surface area contributed by atoms with Gasteiger partial charge in [-0.1, -0.05) is 0 Å². The summed E-state index contributed by atoms with van der Waals surface area (Å²) in [5.74, 6) is -0.0295. The summed E-state index contributed by atoms with van der Waals surface area (Å²) in [6.07, 6.45) is 3.15. The molecule has 0 radical (unpaired) electrons. The van der Waals surface area contributed by atoms with Crippen molar-refractivity contribution in [2.75, 3.05) is 52.6 Å². The maximum absolute atomic E-state index is 12.8. The number of hydrogen-bond acceptors (Lipinski definition) is 6. The van der Waals surface area contributed by atoms with Gasteiger partial charge in [-0.3, -0.25) is 9.69 Å². The fraction of sp³-hybridized carbons (Fsp3) is 0.625. The van der Waals surface area contributed by atoms with E-state index in [9.17, 15) is 9.90 Å². The largest absolute Gasteiger partial charge is 0.390 e. The molecule has 0 aromatic carbocycles. The normalized spacial score (nSPS) is 26.7. The van der Waals surface area contributed by atoms with Crippen molar-refractivity contribution in [3.8, 4) is 0 Å². The third-order valence-electron chi connectivity index (χ3n) is 4.75. The highest BCUT2D eigenvalue weighted by Crippen LogP contribution is 2.23. The quantitative estimate of drug-likeness (QED) is 0.798. The monoisotopic (exact) mass is 336 g/mol. The van der Waals surface area contributed by atoms with Gasteiger partial charge in [0.2, 0.25) is 0 Å². The second-order valence-electron chi connectivity index (χ2n) is 6.24. The Kier molecular flexibility index (Phi) is 5.21. The van der Waals surface area contributed by atoms with Gasteiger partial charge in [0.15, 0.2) is 0 Å². The van der Waals surface area contributed by atoms with E-state index in [1.807, 2.05) is 12.3 Å². The highest BCUT2D eigenvalue weighted by atomic mass is 32.2. The number of amides is 1. The Bertz CT molecular complexity index is 563. The number of likely N-dealkylation sites (tertiary alicyclic amines) is 1. The topological polar surface area (TPSA) is 59.9 Å². The van der Waals surface area contributed by atoms with Crippen LogP contribution in [0.4, 0.5) is 0 Å². The smallest absolute Gasteiger partial charge is 0.256 e. The van der Waals surface area contributed by atoms with Crippen LogP contribution in [0.5, 0.6) is 0 Å². The van der Waals surface area contributed by atoms with Crippen LogP contribution in [0.15, 0.2) is 23.4 Å². The summed E-state index contributed by atoms with van der Waals surface area (Å²) >= 11 is 1.48. The molecular formula is C16H24N4O2S. The third kappa shape index (κ3) is 3.52. The summed E-state index contributed by atoms with van der Waals surface area (Å²) in [5, 5.41) is 11.2. The van der Waals surface area contributed by atoms with Gasteiger partial charge < -0.3 is 14.9 Å². The molecule has 2 fully saturated rings. The Balaban J connectivity index is 1.69. The van der Waals surface area contributed by atoms with E-state index in [-0.39, 0.29) is 11.9 Å². The molecule has 2 aliphatic heterocycles. The van der Waals surface area contributed by atoms with Gasteiger partial charge in [0.05, 0.1) is 17.7 Å². The molecular weight excluding hydrogens is 312 g/mol. The Morgan fingerprint density at radius 3 is 2.74 bits per heavy atom. The van der Waals surface area contributed by atoms with E-state index >= 15 is 0 Å². The Morgan fingerprint density at radius 1 is 1.30 bits per heavy atom. The minimum atomic E-state index is -0.475. The number of nitrogens with zero attached hydrogens (tertiary/aromatic N) is 4. The SMILES string of the molecule is CSc1ncccc1C(=O)N1C[C@H](O)[C@@H](N2CCN(C)CC2)C1. The number of hydrogen-bond donors (Lipinski definition) is 1. The first-order valence-corrected chi connectivity index (χ1v) is 9.21. The highest BCUT2D eigenvalue weighted by molar-refractivity contribution is 7.98. The number of rotatable bonds is 3. The molecule has 0 saturated carbocycles. The highest BCUT2D eigenvalue weighted by Gasteiger charge is 2.39. The average Bonchev–Trinajstić information content (AvgIpc) is 2.96. The van der Waals surface area contributed by atoms with E-state index in [0.29, 0.717) is 18.7 Å². The molecule has 2 aliphatic rings. The first-order valence-electron chi connectivity index (χ1n) is 7.99. The fourth-order valence-electron chi connectivity index (χ4n) is 3.33. The molecule has 0 spiro atoms. The van der Waals surface area contributed by atoms with E-state index in [2.05, 4.69) is 21.8 Å². The van der Waals surface area contributed by atoms with E-state index < -0.39 is 6.10 Å². The molecule has 126 valence electrons. The van der Waals surface area contributed by atoms with Crippen LogP contribution in [0.2, 0.25) is 0 Å². The van der Waals surface area contributed by atoms with Crippen LogP contribution in [0.1, 0.15) is 10.4 Å². The predicted octanol–water partition coefficient (Wildman–Crippen LogP) is 0.236. The molecule has 2 atom stereocenters. The van der Waals surface area contributed by atoms with Crippen LogP contribution in [0.3, 0.4) is 0 Å². The molecule has 23 heavy (non-hydrogen) atoms. The lowest BCUT2D eigenvalue weighted by atomic mass is 10.1. The van der Waals surface area contributed by atoms with Gasteiger partial charge in [0, 0.05) is 45.5 Å². The first-order chi connectivity index (χ1) is 11.1. The van der Waals surface area contributed by atoms with E-state index in [1.165, 1.54) is 11.8 Å². The zero-order valence-corrected chi connectivity index (χ0v) is 14.5. The second kappa shape index (κ2) is 7.17. The van der Waals surface area contributed by atoms with Gasteiger partial charge in [-0.05, 0) is 25.4 Å². The molecule has 6 nitrogen and oxygen atoms in total. The summed E-state index contributed by atoms with van der Waals surface area (Å²) in [5.41, 5.74) is 0.631. The standard InChI is InChI=1S/C16H24N4O2S/c1-18-6-8-19(9-7-18)13-10-20(11-14(13)21)16(22)12-4-3-5-17-15(12)23-2/h3-5,13-14,21H,6-11H2,1-2H3/t13-,14-/m0/s1. The van der Waals surface area contributed by atoms with Gasteiger partial charge in [-0.25, -0.2) is 4.98 Å². The van der Waals surface area contributed by atoms with Crippen molar-refractivity contribution in [2.45, 2.75) is 17.2 Å². The summed E-state index contributed by atoms with van der Waals surface area (Å²) < 4.78 is 0. The molecule has 0 bridgehead atoms. The Hall–Kier alpha value is -1.15.